The number of hydrogen-bond acceptors (Lipinski definition) is 9. The van der Waals surface area contributed by atoms with Crippen LogP contribution in [0.15, 0.2) is 88.5 Å². The van der Waals surface area contributed by atoms with Gasteiger partial charge >= 0.3 is 18.0 Å². The van der Waals surface area contributed by atoms with E-state index in [0.717, 1.165) is 0 Å². The Labute approximate surface area is 290 Å². The number of carbonyl (C=O) groups excluding carboxylic acids is 2. The number of ether oxygens (including phenoxy) is 1. The maximum Gasteiger partial charge on any atom is 0.338 e. The number of anilines is 1. The Kier molecular flexibility index (Phi) is 8.89. The number of piperazine rings is 1. The number of aromatic carboxylic acids is 1. The predicted molar refractivity (Wildman–Crippen MR) is 183 cm³/mol. The van der Waals surface area contributed by atoms with Gasteiger partial charge in [0.1, 0.15) is 17.7 Å². The summed E-state index contributed by atoms with van der Waals surface area (Å²) in [6, 6.07) is 13.7. The van der Waals surface area contributed by atoms with Crippen LogP contribution in [-0.4, -0.2) is 89.6 Å². The Morgan fingerprint density at radius 1 is 1.06 bits per heavy atom. The van der Waals surface area contributed by atoms with E-state index in [-0.39, 0.29) is 17.6 Å². The summed E-state index contributed by atoms with van der Waals surface area (Å²) in [4.78, 5) is 52.9. The van der Waals surface area contributed by atoms with E-state index < -0.39 is 29.6 Å². The van der Waals surface area contributed by atoms with Gasteiger partial charge in [-0.3, -0.25) is 14.8 Å². The van der Waals surface area contributed by atoms with E-state index >= 15 is 4.39 Å². The van der Waals surface area contributed by atoms with Crippen molar-refractivity contribution >= 4 is 40.8 Å². The number of urea groups is 1. The maximum atomic E-state index is 15.4. The minimum Gasteiger partial charge on any atom is -0.478 e. The number of methoxy groups -OCH3 is 1. The fourth-order valence-corrected chi connectivity index (χ4v) is 7.33. The molecule has 2 fully saturated rings. The van der Waals surface area contributed by atoms with Crippen molar-refractivity contribution in [2.24, 2.45) is 4.99 Å². The highest BCUT2D eigenvalue weighted by Gasteiger charge is 2.42. The number of esters is 1. The van der Waals surface area contributed by atoms with Gasteiger partial charge in [0.15, 0.2) is 10.8 Å². The molecule has 14 heteroatoms. The minimum absolute atomic E-state index is 0.104. The molecule has 3 aromatic carbocycles. The normalized spacial score (nSPS) is 19.3. The quantitative estimate of drug-likeness (QED) is 0.240. The first-order chi connectivity index (χ1) is 24.1. The van der Waals surface area contributed by atoms with Gasteiger partial charge in [-0.05, 0) is 66.1 Å². The molecule has 2 N–H and O–H groups in total. The number of nitrogens with one attached hydrogen (secondary N) is 1. The van der Waals surface area contributed by atoms with E-state index in [1.807, 2.05) is 5.38 Å². The summed E-state index contributed by atoms with van der Waals surface area (Å²) in [5, 5.41) is 15.0. The molecular weight excluding hydrogens is 666 g/mol. The Morgan fingerprint density at radius 3 is 2.54 bits per heavy atom. The van der Waals surface area contributed by atoms with E-state index in [0.29, 0.717) is 82.8 Å². The standard InChI is InChI=1S/C36H32F2N6O5S/c1-20-15-23(37)7-9-26(20)31-30(35(47)49-2)29(40-32(41-31)33-39-11-14-50-33)19-42-12-13-43-25(17-42)18-44(36(43)48)24-8-10-27(28(38)16-24)21-3-5-22(6-4-21)34(45)46/h3-11,14-16,25,31H,12-13,17-19H2,1-2H3,(H,40,41)(H,45,46)/t25-,31-/m0/s1. The summed E-state index contributed by atoms with van der Waals surface area (Å²) in [7, 11) is 1.31. The van der Waals surface area contributed by atoms with Crippen molar-refractivity contribution in [1.82, 2.24) is 20.1 Å². The minimum atomic E-state index is -1.07. The number of amides is 2. The molecule has 0 aliphatic carbocycles. The number of fused-ring (bicyclic) bond motifs is 1. The largest absolute Gasteiger partial charge is 0.478 e. The Bertz CT molecular complexity index is 2050. The highest BCUT2D eigenvalue weighted by molar-refractivity contribution is 7.11. The molecule has 0 unspecified atom stereocenters. The number of aliphatic imine (C=N–C) groups is 1. The van der Waals surface area contributed by atoms with Crippen LogP contribution in [0.25, 0.3) is 11.1 Å². The van der Waals surface area contributed by atoms with Crippen LogP contribution in [0, 0.1) is 18.6 Å². The zero-order valence-electron chi connectivity index (χ0n) is 27.1. The Hall–Kier alpha value is -5.47. The third kappa shape index (κ3) is 6.23. The summed E-state index contributed by atoms with van der Waals surface area (Å²) in [6.45, 7) is 3.84. The number of carboxylic acid groups (broad SMARTS) is 1. The van der Waals surface area contributed by atoms with Crippen LogP contribution in [-0.2, 0) is 9.53 Å². The van der Waals surface area contributed by atoms with Crippen molar-refractivity contribution in [3.8, 4) is 11.1 Å². The molecule has 1 aromatic heterocycles. The van der Waals surface area contributed by atoms with Crippen LogP contribution >= 0.6 is 11.3 Å². The van der Waals surface area contributed by atoms with Gasteiger partial charge in [-0.25, -0.2) is 28.1 Å². The second kappa shape index (κ2) is 13.4. The summed E-state index contributed by atoms with van der Waals surface area (Å²) < 4.78 is 34.7. The SMILES string of the molecule is COC(=O)C1=C(CN2CCN3C(=O)N(c4ccc(-c5ccc(C(=O)O)cc5)c(F)c4)C[C@@H]3C2)NC(c2nccs2)=N[C@H]1c1ccc(F)cc1C. The van der Waals surface area contributed by atoms with Gasteiger partial charge in [0.25, 0.3) is 0 Å². The number of rotatable bonds is 8. The van der Waals surface area contributed by atoms with Gasteiger partial charge in [-0.15, -0.1) is 11.3 Å². The molecule has 2 atom stereocenters. The van der Waals surface area contributed by atoms with Crippen LogP contribution in [0.4, 0.5) is 19.3 Å². The number of carboxylic acids is 1. The molecule has 50 heavy (non-hydrogen) atoms. The number of halogens is 2. The van der Waals surface area contributed by atoms with E-state index in [9.17, 15) is 23.9 Å². The fourth-order valence-electron chi connectivity index (χ4n) is 6.74. The molecule has 0 spiro atoms. The van der Waals surface area contributed by atoms with E-state index in [4.69, 9.17) is 9.73 Å². The van der Waals surface area contributed by atoms with Gasteiger partial charge in [-0.1, -0.05) is 18.2 Å². The average molecular weight is 699 g/mol. The number of hydrogen-bond donors (Lipinski definition) is 2. The average Bonchev–Trinajstić information content (AvgIpc) is 3.76. The molecular formula is C36H32F2N6O5S. The first-order valence-electron chi connectivity index (χ1n) is 15.9. The lowest BCUT2D eigenvalue weighted by molar-refractivity contribution is -0.136. The number of thiazole rings is 1. The number of aryl methyl sites for hydroxylation is 1. The van der Waals surface area contributed by atoms with Gasteiger partial charge in [0, 0.05) is 61.2 Å². The molecule has 2 saturated heterocycles. The molecule has 3 aliphatic heterocycles. The zero-order valence-corrected chi connectivity index (χ0v) is 27.9. The first-order valence-corrected chi connectivity index (χ1v) is 16.7. The number of nitrogens with zero attached hydrogens (tertiary/aromatic N) is 5. The Morgan fingerprint density at radius 2 is 1.86 bits per heavy atom. The molecule has 0 radical (unpaired) electrons. The Balaban J connectivity index is 1.13. The molecule has 4 heterocycles. The van der Waals surface area contributed by atoms with Crippen molar-refractivity contribution < 1.29 is 33.0 Å². The molecule has 3 aliphatic rings. The lowest BCUT2D eigenvalue weighted by atomic mass is 9.92. The number of carbonyl (C=O) groups is 3. The van der Waals surface area contributed by atoms with Crippen LogP contribution in [0.5, 0.6) is 0 Å². The molecule has 2 amide bonds. The highest BCUT2D eigenvalue weighted by Crippen LogP contribution is 2.36. The van der Waals surface area contributed by atoms with Crippen molar-refractivity contribution in [2.75, 3.05) is 44.7 Å². The second-order valence-corrected chi connectivity index (χ2v) is 13.1. The third-order valence-electron chi connectivity index (χ3n) is 9.22. The van der Waals surface area contributed by atoms with Crippen molar-refractivity contribution in [2.45, 2.75) is 19.0 Å². The lowest BCUT2D eigenvalue weighted by Gasteiger charge is -2.38. The summed E-state index contributed by atoms with van der Waals surface area (Å²) >= 11 is 1.40. The first kappa shape index (κ1) is 33.0. The van der Waals surface area contributed by atoms with Gasteiger partial charge in [0.05, 0.1) is 24.3 Å². The van der Waals surface area contributed by atoms with E-state index in [2.05, 4.69) is 15.2 Å². The fraction of sp³-hybridized carbons (Fsp3) is 0.250. The molecule has 11 nitrogen and oxygen atoms in total. The summed E-state index contributed by atoms with van der Waals surface area (Å²) in [5.41, 5.74) is 3.54. The molecule has 256 valence electrons. The predicted octanol–water partition coefficient (Wildman–Crippen LogP) is 5.24. The van der Waals surface area contributed by atoms with E-state index in [1.165, 1.54) is 48.8 Å². The van der Waals surface area contributed by atoms with Crippen LogP contribution in [0.1, 0.15) is 32.5 Å². The number of benzene rings is 3. The molecule has 7 rings (SSSR count). The third-order valence-corrected chi connectivity index (χ3v) is 10.00. The van der Waals surface area contributed by atoms with Crippen molar-refractivity contribution in [3.05, 3.63) is 117 Å². The van der Waals surface area contributed by atoms with Crippen LogP contribution in [0.3, 0.4) is 0 Å². The lowest BCUT2D eigenvalue weighted by Crippen LogP contribution is -2.53. The number of amidine groups is 1. The van der Waals surface area contributed by atoms with Crippen LogP contribution in [0.2, 0.25) is 0 Å². The molecule has 0 bridgehead atoms. The van der Waals surface area contributed by atoms with Gasteiger partial charge in [0.2, 0.25) is 0 Å². The van der Waals surface area contributed by atoms with Crippen molar-refractivity contribution in [1.29, 1.82) is 0 Å². The topological polar surface area (TPSA) is 128 Å². The molecule has 0 saturated carbocycles. The zero-order chi connectivity index (χ0) is 35.1. The molecule has 4 aromatic rings. The monoisotopic (exact) mass is 698 g/mol. The smallest absolute Gasteiger partial charge is 0.338 e. The van der Waals surface area contributed by atoms with Gasteiger partial charge in [-0.2, -0.15) is 0 Å². The second-order valence-electron chi connectivity index (χ2n) is 12.2. The highest BCUT2D eigenvalue weighted by atomic mass is 32.1. The van der Waals surface area contributed by atoms with Crippen molar-refractivity contribution in [3.63, 3.8) is 0 Å². The maximum absolute atomic E-state index is 15.4. The van der Waals surface area contributed by atoms with E-state index in [1.54, 1.807) is 53.3 Å². The van der Waals surface area contributed by atoms with Crippen LogP contribution < -0.4 is 10.2 Å². The van der Waals surface area contributed by atoms with Gasteiger partial charge < -0.3 is 20.1 Å². The summed E-state index contributed by atoms with van der Waals surface area (Å²) in [6.07, 6.45) is 1.67. The number of aromatic nitrogens is 1. The summed E-state index contributed by atoms with van der Waals surface area (Å²) in [5.74, 6) is -2.06.